The van der Waals surface area contributed by atoms with Crippen LogP contribution in [0.3, 0.4) is 0 Å². The van der Waals surface area contributed by atoms with E-state index in [0.717, 1.165) is 16.7 Å². The van der Waals surface area contributed by atoms with Crippen molar-refractivity contribution in [2.45, 2.75) is 56.8 Å². The second-order valence-electron chi connectivity index (χ2n) is 11.4. The van der Waals surface area contributed by atoms with Gasteiger partial charge in [0.15, 0.2) is 14.5 Å². The van der Waals surface area contributed by atoms with Crippen LogP contribution in [0.5, 0.6) is 0 Å². The summed E-state index contributed by atoms with van der Waals surface area (Å²) in [5, 5.41) is 8.93. The first kappa shape index (κ1) is 36.3. The summed E-state index contributed by atoms with van der Waals surface area (Å²) in [6.45, 7) is 3.21. The van der Waals surface area contributed by atoms with E-state index in [-0.39, 0.29) is 39.5 Å². The fraction of sp³-hybridized carbons (Fsp3) is 0.333. The van der Waals surface area contributed by atoms with Crippen molar-refractivity contribution in [1.82, 2.24) is 0 Å². The molecular formula is C39H42NO8P. The zero-order valence-electron chi connectivity index (χ0n) is 27.5. The van der Waals surface area contributed by atoms with Gasteiger partial charge < -0.3 is 32.7 Å². The average Bonchev–Trinajstić information content (AvgIpc) is 3.15. The molecule has 0 N–H and O–H groups in total. The van der Waals surface area contributed by atoms with Crippen molar-refractivity contribution in [3.05, 3.63) is 144 Å². The summed E-state index contributed by atoms with van der Waals surface area (Å²) >= 11 is 0. The third-order valence-corrected chi connectivity index (χ3v) is 8.91. The molecule has 256 valence electrons. The van der Waals surface area contributed by atoms with Gasteiger partial charge in [-0.1, -0.05) is 109 Å². The van der Waals surface area contributed by atoms with Crippen LogP contribution in [0.4, 0.5) is 0 Å². The minimum absolute atomic E-state index is 0.119. The molecule has 0 radical (unpaired) electrons. The van der Waals surface area contributed by atoms with Crippen molar-refractivity contribution in [2.24, 2.45) is 0 Å². The number of nitriles is 1. The summed E-state index contributed by atoms with van der Waals surface area (Å²) in [7, 11) is -1.30. The highest BCUT2D eigenvalue weighted by Crippen LogP contribution is 2.37. The first-order chi connectivity index (χ1) is 24.1. The quantitative estimate of drug-likeness (QED) is 0.0609. The van der Waals surface area contributed by atoms with Gasteiger partial charge in [0.1, 0.15) is 24.4 Å². The smallest absolute Gasteiger partial charge is 0.338 e. The number of esters is 1. The lowest BCUT2D eigenvalue weighted by molar-refractivity contribution is -0.264. The molecule has 9 nitrogen and oxygen atoms in total. The Kier molecular flexibility index (Phi) is 14.7. The van der Waals surface area contributed by atoms with E-state index in [1.165, 1.54) is 0 Å². The van der Waals surface area contributed by atoms with Crippen molar-refractivity contribution in [3.8, 4) is 6.07 Å². The molecule has 0 saturated carbocycles. The van der Waals surface area contributed by atoms with Crippen molar-refractivity contribution >= 4 is 14.3 Å². The maximum absolute atomic E-state index is 13.6. The van der Waals surface area contributed by atoms with Crippen LogP contribution in [0.1, 0.15) is 33.5 Å². The van der Waals surface area contributed by atoms with Crippen molar-refractivity contribution in [1.29, 1.82) is 5.26 Å². The van der Waals surface area contributed by atoms with Crippen LogP contribution < -0.4 is 0 Å². The van der Waals surface area contributed by atoms with Crippen LogP contribution in [0, 0.1) is 11.3 Å². The van der Waals surface area contributed by atoms with E-state index in [0.29, 0.717) is 12.2 Å². The van der Waals surface area contributed by atoms with Gasteiger partial charge in [0, 0.05) is 6.66 Å². The fourth-order valence-electron chi connectivity index (χ4n) is 5.39. The van der Waals surface area contributed by atoms with Gasteiger partial charge in [-0.15, -0.1) is 0 Å². The standard InChI is InChI=1S/C39H42NO8P/c1-49(45-24-14-23-40)46-29-35-36(43-26-31-17-8-3-9-18-31)38(44-27-32-19-10-4-11-20-32)37(48-39(41)33-21-12-5-13-22-33)34(47-35)28-42-25-30-15-6-2-7-16-30/h2-13,15-22,34-38H,14,24-29H2,1H3/t34-,35+,36+,37-,38-,49?/m1/s1. The Morgan fingerprint density at radius 1 is 0.673 bits per heavy atom. The molecule has 0 aliphatic carbocycles. The van der Waals surface area contributed by atoms with E-state index in [4.69, 9.17) is 38.0 Å². The maximum Gasteiger partial charge on any atom is 0.338 e. The molecule has 1 saturated heterocycles. The Labute approximate surface area is 289 Å². The van der Waals surface area contributed by atoms with Gasteiger partial charge in [0.2, 0.25) is 0 Å². The maximum atomic E-state index is 13.6. The Hall–Kier alpha value is -3.97. The number of rotatable bonds is 18. The number of carbonyl (C=O) groups excluding carboxylic acids is 1. The Bertz CT molecular complexity index is 1560. The third-order valence-electron chi connectivity index (χ3n) is 7.85. The molecule has 1 unspecified atom stereocenters. The van der Waals surface area contributed by atoms with Crippen molar-refractivity contribution in [3.63, 3.8) is 0 Å². The second-order valence-corrected chi connectivity index (χ2v) is 12.8. The summed E-state index contributed by atoms with van der Waals surface area (Å²) in [5.74, 6) is -0.505. The molecule has 0 amide bonds. The zero-order valence-corrected chi connectivity index (χ0v) is 28.4. The molecule has 6 atom stereocenters. The predicted octanol–water partition coefficient (Wildman–Crippen LogP) is 7.26. The lowest BCUT2D eigenvalue weighted by Gasteiger charge is -2.45. The van der Waals surface area contributed by atoms with Gasteiger partial charge in [-0.3, -0.25) is 0 Å². The molecule has 49 heavy (non-hydrogen) atoms. The molecule has 1 aliphatic heterocycles. The van der Waals surface area contributed by atoms with Gasteiger partial charge >= 0.3 is 5.97 Å². The van der Waals surface area contributed by atoms with Crippen LogP contribution in [-0.2, 0) is 52.6 Å². The number of benzene rings is 4. The van der Waals surface area contributed by atoms with Gasteiger partial charge in [-0.2, -0.15) is 5.26 Å². The predicted molar refractivity (Wildman–Crippen MR) is 185 cm³/mol. The highest BCUT2D eigenvalue weighted by atomic mass is 31.2. The summed E-state index contributed by atoms with van der Waals surface area (Å²) in [6, 6.07) is 40.4. The normalized spacial score (nSPS) is 21.0. The van der Waals surface area contributed by atoms with Crippen LogP contribution in [-0.4, -0.2) is 63.0 Å². The lowest BCUT2D eigenvalue weighted by Crippen LogP contribution is -2.62. The average molecular weight is 684 g/mol. The zero-order chi connectivity index (χ0) is 34.1. The number of hydrogen-bond donors (Lipinski definition) is 0. The first-order valence-corrected chi connectivity index (χ1v) is 17.9. The van der Waals surface area contributed by atoms with Crippen LogP contribution >= 0.6 is 8.38 Å². The fourth-order valence-corrected chi connectivity index (χ4v) is 6.17. The Balaban J connectivity index is 1.45. The van der Waals surface area contributed by atoms with Gasteiger partial charge in [-0.05, 0) is 28.8 Å². The van der Waals surface area contributed by atoms with E-state index in [1.807, 2.05) is 104 Å². The number of nitrogens with zero attached hydrogens (tertiary/aromatic N) is 1. The van der Waals surface area contributed by atoms with E-state index in [2.05, 4.69) is 6.07 Å². The Morgan fingerprint density at radius 2 is 1.18 bits per heavy atom. The highest BCUT2D eigenvalue weighted by Gasteiger charge is 2.50. The van der Waals surface area contributed by atoms with Crippen LogP contribution in [0.2, 0.25) is 0 Å². The summed E-state index contributed by atoms with van der Waals surface area (Å²) < 4.78 is 44.3. The van der Waals surface area contributed by atoms with Gasteiger partial charge in [-0.25, -0.2) is 4.79 Å². The van der Waals surface area contributed by atoms with Crippen LogP contribution in [0.25, 0.3) is 0 Å². The molecule has 1 heterocycles. The van der Waals surface area contributed by atoms with Crippen molar-refractivity contribution in [2.75, 3.05) is 26.5 Å². The molecule has 0 spiro atoms. The minimum atomic E-state index is -1.30. The monoisotopic (exact) mass is 683 g/mol. The molecule has 1 aliphatic rings. The van der Waals surface area contributed by atoms with Crippen molar-refractivity contribution < 1.29 is 37.5 Å². The SMILES string of the molecule is CP(OCCC#N)OC[C@@H]1O[C@H](COCc2ccccc2)[C@@H](OC(=O)c2ccccc2)[C@H](OCc2ccccc2)[C@H]1OCc1ccccc1. The molecule has 10 heteroatoms. The summed E-state index contributed by atoms with van der Waals surface area (Å²) in [4.78, 5) is 13.6. The van der Waals surface area contributed by atoms with Gasteiger partial charge in [0.25, 0.3) is 0 Å². The number of ether oxygens (including phenoxy) is 5. The highest BCUT2D eigenvalue weighted by molar-refractivity contribution is 7.46. The molecule has 4 aromatic carbocycles. The molecule has 5 rings (SSSR count). The molecule has 0 aromatic heterocycles. The van der Waals surface area contributed by atoms with E-state index in [1.54, 1.807) is 24.3 Å². The number of hydrogen-bond acceptors (Lipinski definition) is 9. The van der Waals surface area contributed by atoms with Crippen LogP contribution in [0.15, 0.2) is 121 Å². The molecule has 4 aromatic rings. The first-order valence-electron chi connectivity index (χ1n) is 16.3. The van der Waals surface area contributed by atoms with E-state index >= 15 is 0 Å². The largest absolute Gasteiger partial charge is 0.453 e. The summed E-state index contributed by atoms with van der Waals surface area (Å²) in [5.41, 5.74) is 3.33. The number of carbonyl (C=O) groups is 1. The lowest BCUT2D eigenvalue weighted by atomic mass is 9.94. The minimum Gasteiger partial charge on any atom is -0.453 e. The second kappa shape index (κ2) is 19.9. The van der Waals surface area contributed by atoms with E-state index < -0.39 is 44.9 Å². The topological polar surface area (TPSA) is 105 Å². The van der Waals surface area contributed by atoms with E-state index in [9.17, 15) is 4.79 Å². The van der Waals surface area contributed by atoms with Gasteiger partial charge in [0.05, 0.1) is 57.7 Å². The molecule has 0 bridgehead atoms. The summed E-state index contributed by atoms with van der Waals surface area (Å²) in [6.07, 6.45) is -3.43. The Morgan fingerprint density at radius 3 is 1.76 bits per heavy atom. The third kappa shape index (κ3) is 11.6. The molecule has 1 fully saturated rings. The molecular weight excluding hydrogens is 641 g/mol.